The minimum Gasteiger partial charge on any atom is -0.450 e. The number of nitrogens with zero attached hydrogens (tertiary/aromatic N) is 1. The highest BCUT2D eigenvalue weighted by atomic mass is 16.5. The lowest BCUT2D eigenvalue weighted by molar-refractivity contribution is -0.659. The highest BCUT2D eigenvalue weighted by Crippen LogP contribution is 2.51. The van der Waals surface area contributed by atoms with E-state index in [-0.39, 0.29) is 0 Å². The van der Waals surface area contributed by atoms with Crippen LogP contribution in [0.4, 0.5) is 0 Å². The van der Waals surface area contributed by atoms with E-state index in [1.165, 1.54) is 38.6 Å². The van der Waals surface area contributed by atoms with Crippen LogP contribution in [0.15, 0.2) is 47.0 Å². The molecule has 0 bridgehead atoms. The van der Waals surface area contributed by atoms with Crippen LogP contribution in [0.2, 0.25) is 0 Å². The van der Waals surface area contributed by atoms with Crippen molar-refractivity contribution in [2.45, 2.75) is 41.0 Å². The second-order valence-corrected chi connectivity index (χ2v) is 9.84. The Balaban J connectivity index is 1.77. The van der Waals surface area contributed by atoms with Crippen LogP contribution in [-0.2, 0) is 13.5 Å². The third kappa shape index (κ3) is 2.63. The molecule has 3 heterocycles. The molecule has 0 radical (unpaired) electrons. The smallest absolute Gasteiger partial charge is 0.257 e. The van der Waals surface area contributed by atoms with E-state index in [4.69, 9.17) is 9.15 Å². The largest absolute Gasteiger partial charge is 0.450 e. The third-order valence-corrected chi connectivity index (χ3v) is 6.84. The van der Waals surface area contributed by atoms with Crippen molar-refractivity contribution in [2.24, 2.45) is 13.0 Å². The Hall–Kier alpha value is -3.33. The molecule has 0 atom stereocenters. The van der Waals surface area contributed by atoms with Gasteiger partial charge in [-0.1, -0.05) is 32.0 Å². The number of pyridine rings is 1. The summed E-state index contributed by atoms with van der Waals surface area (Å²) in [5.74, 6) is 2.44. The average molecular weight is 423 g/mol. The molecule has 3 aromatic carbocycles. The molecule has 1 aliphatic rings. The van der Waals surface area contributed by atoms with Gasteiger partial charge in [0, 0.05) is 10.8 Å². The molecule has 0 saturated carbocycles. The number of hydrogen-bond donors (Lipinski definition) is 0. The Morgan fingerprint density at radius 1 is 0.938 bits per heavy atom. The first-order valence-electron chi connectivity index (χ1n) is 11.4. The minimum absolute atomic E-state index is 0.603. The van der Waals surface area contributed by atoms with Crippen LogP contribution >= 0.6 is 0 Å². The van der Waals surface area contributed by atoms with E-state index in [0.29, 0.717) is 5.92 Å². The van der Waals surface area contributed by atoms with E-state index in [2.05, 4.69) is 88.8 Å². The maximum absolute atomic E-state index is 6.73. The molecule has 0 N–H and O–H groups in total. The fourth-order valence-corrected chi connectivity index (χ4v) is 5.37. The molecule has 0 fully saturated rings. The van der Waals surface area contributed by atoms with E-state index in [1.54, 1.807) is 0 Å². The summed E-state index contributed by atoms with van der Waals surface area (Å²) >= 11 is 0. The van der Waals surface area contributed by atoms with Gasteiger partial charge in [0.05, 0.1) is 10.9 Å². The highest BCUT2D eigenvalue weighted by Gasteiger charge is 2.34. The van der Waals surface area contributed by atoms with E-state index in [0.717, 1.165) is 45.6 Å². The molecule has 160 valence electrons. The summed E-state index contributed by atoms with van der Waals surface area (Å²) in [6, 6.07) is 13.3. The Bertz CT molecular complexity index is 1590. The molecule has 1 aliphatic heterocycles. The monoisotopic (exact) mass is 422 g/mol. The van der Waals surface area contributed by atoms with Crippen molar-refractivity contribution in [2.75, 3.05) is 0 Å². The molecule has 32 heavy (non-hydrogen) atoms. The Kier molecular flexibility index (Phi) is 3.98. The average Bonchev–Trinajstić information content (AvgIpc) is 3.07. The van der Waals surface area contributed by atoms with Crippen molar-refractivity contribution >= 4 is 32.7 Å². The van der Waals surface area contributed by atoms with Gasteiger partial charge in [0.25, 0.3) is 5.69 Å². The fourth-order valence-electron chi connectivity index (χ4n) is 5.37. The molecule has 3 nitrogen and oxygen atoms in total. The summed E-state index contributed by atoms with van der Waals surface area (Å²) in [6.45, 7) is 11.1. The first-order chi connectivity index (χ1) is 15.3. The number of fused-ring (bicyclic) bond motifs is 6. The summed E-state index contributed by atoms with van der Waals surface area (Å²) in [4.78, 5) is 0. The highest BCUT2D eigenvalue weighted by molar-refractivity contribution is 6.13. The van der Waals surface area contributed by atoms with Crippen LogP contribution in [0.5, 0.6) is 11.5 Å². The van der Waals surface area contributed by atoms with Gasteiger partial charge in [-0.25, -0.2) is 0 Å². The number of hydrogen-bond acceptors (Lipinski definition) is 2. The van der Waals surface area contributed by atoms with Crippen LogP contribution in [0.1, 0.15) is 36.1 Å². The van der Waals surface area contributed by atoms with E-state index in [9.17, 15) is 0 Å². The van der Waals surface area contributed by atoms with Gasteiger partial charge in [0.1, 0.15) is 18.4 Å². The lowest BCUT2D eigenvalue weighted by Crippen LogP contribution is -2.32. The van der Waals surface area contributed by atoms with Crippen LogP contribution in [0.25, 0.3) is 44.0 Å². The van der Waals surface area contributed by atoms with Crippen LogP contribution in [0, 0.1) is 26.7 Å². The molecule has 0 saturated heterocycles. The molecule has 0 aliphatic carbocycles. The van der Waals surface area contributed by atoms with Crippen molar-refractivity contribution in [3.8, 4) is 22.8 Å². The topological polar surface area (TPSA) is 26.2 Å². The number of ether oxygens (including phenoxy) is 1. The maximum atomic E-state index is 6.73. The zero-order valence-electron chi connectivity index (χ0n) is 19.6. The van der Waals surface area contributed by atoms with Gasteiger partial charge < -0.3 is 9.15 Å². The molecular weight excluding hydrogens is 394 g/mol. The van der Waals surface area contributed by atoms with Crippen molar-refractivity contribution in [1.82, 2.24) is 0 Å². The lowest BCUT2D eigenvalue weighted by Gasteiger charge is -2.22. The standard InChI is InChI=1S/C29H28NO2/c1-15(2)9-19-7-8-22-21(13-19)27-24(31-22)14-30(6)28-25-18(5)17(4)12-20-10-16(3)11-23(26(20)25)32-29(27)28/h7-8,10-15H,9H2,1-6H3/q+1. The SMILES string of the molecule is Cc1cc2c3c(c(C)c(C)cc3c1)-c1c(c3c(c[n+]1C)oc1ccc(CC(C)C)cc13)O2. The maximum Gasteiger partial charge on any atom is 0.257 e. The van der Waals surface area contributed by atoms with Gasteiger partial charge in [-0.2, -0.15) is 4.57 Å². The summed E-state index contributed by atoms with van der Waals surface area (Å²) in [7, 11) is 2.09. The molecule has 2 aromatic heterocycles. The molecule has 3 heteroatoms. The van der Waals surface area contributed by atoms with Gasteiger partial charge in [-0.3, -0.25) is 0 Å². The number of furan rings is 1. The zero-order valence-corrected chi connectivity index (χ0v) is 19.6. The van der Waals surface area contributed by atoms with Crippen molar-refractivity contribution in [1.29, 1.82) is 0 Å². The van der Waals surface area contributed by atoms with Gasteiger partial charge in [-0.15, -0.1) is 0 Å². The van der Waals surface area contributed by atoms with Crippen molar-refractivity contribution in [3.63, 3.8) is 0 Å². The number of aryl methyl sites for hydroxylation is 3. The fraction of sp³-hybridized carbons (Fsp3) is 0.276. The van der Waals surface area contributed by atoms with Crippen LogP contribution in [0.3, 0.4) is 0 Å². The predicted molar refractivity (Wildman–Crippen MR) is 131 cm³/mol. The second kappa shape index (κ2) is 6.59. The van der Waals surface area contributed by atoms with E-state index in [1.807, 2.05) is 0 Å². The normalized spacial score (nSPS) is 12.7. The quantitative estimate of drug-likeness (QED) is 0.271. The zero-order chi connectivity index (χ0) is 22.3. The summed E-state index contributed by atoms with van der Waals surface area (Å²) in [5.41, 5.74) is 9.30. The van der Waals surface area contributed by atoms with Crippen molar-refractivity contribution in [3.05, 3.63) is 64.8 Å². The number of rotatable bonds is 2. The molecule has 5 aromatic rings. The van der Waals surface area contributed by atoms with Gasteiger partial charge in [0.15, 0.2) is 0 Å². The number of benzene rings is 3. The van der Waals surface area contributed by atoms with Gasteiger partial charge in [-0.05, 0) is 78.9 Å². The first kappa shape index (κ1) is 19.4. The van der Waals surface area contributed by atoms with Crippen LogP contribution < -0.4 is 9.30 Å². The summed E-state index contributed by atoms with van der Waals surface area (Å²) in [6.07, 6.45) is 3.15. The summed E-state index contributed by atoms with van der Waals surface area (Å²) < 4.78 is 15.2. The van der Waals surface area contributed by atoms with Gasteiger partial charge >= 0.3 is 0 Å². The second-order valence-electron chi connectivity index (χ2n) is 9.84. The third-order valence-electron chi connectivity index (χ3n) is 6.84. The molecular formula is C29H28NO2+. The first-order valence-corrected chi connectivity index (χ1v) is 11.4. The minimum atomic E-state index is 0.603. The van der Waals surface area contributed by atoms with Crippen LogP contribution in [-0.4, -0.2) is 0 Å². The molecule has 0 spiro atoms. The lowest BCUT2D eigenvalue weighted by atomic mass is 9.89. The van der Waals surface area contributed by atoms with E-state index < -0.39 is 0 Å². The summed E-state index contributed by atoms with van der Waals surface area (Å²) in [5, 5.41) is 4.64. The Morgan fingerprint density at radius 2 is 1.75 bits per heavy atom. The van der Waals surface area contributed by atoms with Crippen molar-refractivity contribution < 1.29 is 13.7 Å². The number of aromatic nitrogens is 1. The van der Waals surface area contributed by atoms with Gasteiger partial charge in [0.2, 0.25) is 17.5 Å². The molecule has 6 rings (SSSR count). The Labute approximate surface area is 188 Å². The molecule has 0 unspecified atom stereocenters. The van der Waals surface area contributed by atoms with E-state index >= 15 is 0 Å². The molecule has 0 amide bonds. The predicted octanol–water partition coefficient (Wildman–Crippen LogP) is 7.46. The Morgan fingerprint density at radius 3 is 2.53 bits per heavy atom.